The Morgan fingerprint density at radius 1 is 1.28 bits per heavy atom. The molecular formula is C23H25ClFNO3. The summed E-state index contributed by atoms with van der Waals surface area (Å²) in [6.07, 6.45) is 1.79. The fraction of sp³-hybridized carbons (Fsp3) is 0.435. The predicted molar refractivity (Wildman–Crippen MR) is 110 cm³/mol. The van der Waals surface area contributed by atoms with E-state index < -0.39 is 17.0 Å². The smallest absolute Gasteiger partial charge is 0.410 e. The highest BCUT2D eigenvalue weighted by atomic mass is 35.5. The molecule has 1 fully saturated rings. The second-order valence-electron chi connectivity index (χ2n) is 8.74. The fourth-order valence-electron chi connectivity index (χ4n) is 4.37. The molecule has 4 rings (SSSR count). The van der Waals surface area contributed by atoms with Crippen molar-refractivity contribution in [3.63, 3.8) is 0 Å². The maximum Gasteiger partial charge on any atom is 0.410 e. The van der Waals surface area contributed by atoms with Gasteiger partial charge < -0.3 is 14.4 Å². The SMILES string of the molecule is CC(C)(C)OC(=O)N1CCC[C@H]1C1(c2ccccc2)Cc2cc(Cl)c(F)cc2O1. The van der Waals surface area contributed by atoms with Gasteiger partial charge in [0.2, 0.25) is 0 Å². The third-order valence-electron chi connectivity index (χ3n) is 5.53. The van der Waals surface area contributed by atoms with Crippen LogP contribution in [0.3, 0.4) is 0 Å². The first-order valence-electron chi connectivity index (χ1n) is 9.92. The van der Waals surface area contributed by atoms with Crippen LogP contribution in [-0.2, 0) is 16.8 Å². The Labute approximate surface area is 175 Å². The van der Waals surface area contributed by atoms with Crippen molar-refractivity contribution in [2.24, 2.45) is 0 Å². The van der Waals surface area contributed by atoms with E-state index in [4.69, 9.17) is 21.1 Å². The molecule has 2 atom stereocenters. The van der Waals surface area contributed by atoms with Crippen molar-refractivity contribution < 1.29 is 18.7 Å². The normalized spacial score (nSPS) is 23.6. The molecule has 0 bridgehead atoms. The molecule has 0 N–H and O–H groups in total. The van der Waals surface area contributed by atoms with E-state index in [-0.39, 0.29) is 17.2 Å². The van der Waals surface area contributed by atoms with Gasteiger partial charge in [0.1, 0.15) is 17.2 Å². The third kappa shape index (κ3) is 3.68. The van der Waals surface area contributed by atoms with Crippen LogP contribution < -0.4 is 4.74 Å². The van der Waals surface area contributed by atoms with E-state index in [1.165, 1.54) is 6.07 Å². The Morgan fingerprint density at radius 3 is 2.69 bits per heavy atom. The maximum absolute atomic E-state index is 14.1. The lowest BCUT2D eigenvalue weighted by molar-refractivity contribution is -0.0216. The monoisotopic (exact) mass is 417 g/mol. The molecule has 0 aliphatic carbocycles. The van der Waals surface area contributed by atoms with Crippen LogP contribution in [0.4, 0.5) is 9.18 Å². The highest BCUT2D eigenvalue weighted by Crippen LogP contribution is 2.48. The molecule has 0 radical (unpaired) electrons. The highest BCUT2D eigenvalue weighted by molar-refractivity contribution is 6.30. The van der Waals surface area contributed by atoms with E-state index in [9.17, 15) is 9.18 Å². The molecule has 2 heterocycles. The molecule has 0 aromatic heterocycles. The average Bonchev–Trinajstić information content (AvgIpc) is 3.27. The van der Waals surface area contributed by atoms with E-state index in [1.54, 1.807) is 11.0 Å². The molecule has 29 heavy (non-hydrogen) atoms. The van der Waals surface area contributed by atoms with Crippen molar-refractivity contribution in [2.45, 2.75) is 57.3 Å². The average molecular weight is 418 g/mol. The number of amides is 1. The van der Waals surface area contributed by atoms with Gasteiger partial charge in [0.05, 0.1) is 11.1 Å². The minimum Gasteiger partial charge on any atom is -0.480 e. The molecule has 1 saturated heterocycles. The van der Waals surface area contributed by atoms with Gasteiger partial charge >= 0.3 is 6.09 Å². The lowest BCUT2D eigenvalue weighted by atomic mass is 9.81. The van der Waals surface area contributed by atoms with Crippen LogP contribution in [0.1, 0.15) is 44.7 Å². The summed E-state index contributed by atoms with van der Waals surface area (Å²) in [5.41, 5.74) is 0.401. The Hall–Kier alpha value is -2.27. The number of hydrogen-bond donors (Lipinski definition) is 0. The van der Waals surface area contributed by atoms with Gasteiger partial charge in [0.15, 0.2) is 5.60 Å². The molecular weight excluding hydrogens is 393 g/mol. The van der Waals surface area contributed by atoms with Gasteiger partial charge in [-0.1, -0.05) is 41.9 Å². The number of benzene rings is 2. The predicted octanol–water partition coefficient (Wildman–Crippen LogP) is 5.71. The summed E-state index contributed by atoms with van der Waals surface area (Å²) < 4.78 is 26.2. The summed E-state index contributed by atoms with van der Waals surface area (Å²) in [5.74, 6) is -0.0310. The van der Waals surface area contributed by atoms with E-state index >= 15 is 0 Å². The van der Waals surface area contributed by atoms with Crippen LogP contribution in [0.25, 0.3) is 0 Å². The minimum absolute atomic E-state index is 0.0756. The number of hydrogen-bond acceptors (Lipinski definition) is 3. The summed E-state index contributed by atoms with van der Waals surface area (Å²) in [6.45, 7) is 6.17. The van der Waals surface area contributed by atoms with Crippen molar-refractivity contribution in [1.29, 1.82) is 0 Å². The molecule has 0 saturated carbocycles. The zero-order valence-electron chi connectivity index (χ0n) is 16.9. The topological polar surface area (TPSA) is 38.8 Å². The van der Waals surface area contributed by atoms with Crippen molar-refractivity contribution >= 4 is 17.7 Å². The Morgan fingerprint density at radius 2 is 2.00 bits per heavy atom. The summed E-state index contributed by atoms with van der Waals surface area (Å²) in [5, 5.41) is 0.0756. The zero-order chi connectivity index (χ0) is 20.8. The van der Waals surface area contributed by atoms with E-state index in [1.807, 2.05) is 51.1 Å². The minimum atomic E-state index is -0.811. The molecule has 2 aromatic carbocycles. The summed E-state index contributed by atoms with van der Waals surface area (Å²) in [6, 6.07) is 12.6. The van der Waals surface area contributed by atoms with E-state index in [0.29, 0.717) is 18.7 Å². The van der Waals surface area contributed by atoms with Gasteiger partial charge in [-0.05, 0) is 45.2 Å². The molecule has 0 spiro atoms. The first-order valence-corrected chi connectivity index (χ1v) is 10.3. The van der Waals surface area contributed by atoms with Gasteiger partial charge in [-0.3, -0.25) is 0 Å². The van der Waals surface area contributed by atoms with Gasteiger partial charge in [0, 0.05) is 24.6 Å². The van der Waals surface area contributed by atoms with Crippen LogP contribution in [-0.4, -0.2) is 29.2 Å². The first kappa shape index (κ1) is 20.0. The van der Waals surface area contributed by atoms with E-state index in [2.05, 4.69) is 0 Å². The molecule has 4 nitrogen and oxygen atoms in total. The number of carbonyl (C=O) groups excluding carboxylic acids is 1. The van der Waals surface area contributed by atoms with Crippen molar-refractivity contribution in [3.05, 3.63) is 64.4 Å². The van der Waals surface area contributed by atoms with Crippen molar-refractivity contribution in [3.8, 4) is 5.75 Å². The van der Waals surface area contributed by atoms with Crippen LogP contribution in [0.2, 0.25) is 5.02 Å². The van der Waals surface area contributed by atoms with Gasteiger partial charge in [-0.2, -0.15) is 0 Å². The van der Waals surface area contributed by atoms with Gasteiger partial charge in [-0.15, -0.1) is 0 Å². The molecule has 2 aliphatic heterocycles. The number of halogens is 2. The van der Waals surface area contributed by atoms with Crippen LogP contribution >= 0.6 is 11.6 Å². The van der Waals surface area contributed by atoms with Crippen molar-refractivity contribution in [2.75, 3.05) is 6.54 Å². The quantitative estimate of drug-likeness (QED) is 0.628. The van der Waals surface area contributed by atoms with Gasteiger partial charge in [0.25, 0.3) is 0 Å². The molecule has 1 unspecified atom stereocenters. The fourth-order valence-corrected chi connectivity index (χ4v) is 4.55. The maximum atomic E-state index is 14.1. The second-order valence-corrected chi connectivity index (χ2v) is 9.15. The van der Waals surface area contributed by atoms with E-state index in [0.717, 1.165) is 24.0 Å². The number of fused-ring (bicyclic) bond motifs is 1. The lowest BCUT2D eigenvalue weighted by Gasteiger charge is -2.40. The first-order chi connectivity index (χ1) is 13.7. The van der Waals surface area contributed by atoms with Gasteiger partial charge in [-0.25, -0.2) is 9.18 Å². The highest BCUT2D eigenvalue weighted by Gasteiger charge is 2.53. The van der Waals surface area contributed by atoms with Crippen LogP contribution in [0, 0.1) is 5.82 Å². The lowest BCUT2D eigenvalue weighted by Crippen LogP contribution is -2.53. The molecule has 154 valence electrons. The molecule has 2 aromatic rings. The standard InChI is InChI=1S/C23H25ClFNO3/c1-22(2,3)29-21(27)26-11-7-10-20(26)23(16-8-5-4-6-9-16)14-15-12-17(24)18(25)13-19(15)28-23/h4-6,8-9,12-13,20H,7,10-11,14H2,1-3H3/t20-,23?/m0/s1. The molecule has 6 heteroatoms. The Bertz CT molecular complexity index is 895. The number of likely N-dealkylation sites (tertiary alicyclic amines) is 1. The molecule has 2 aliphatic rings. The Kier molecular flexibility index (Phi) is 4.97. The van der Waals surface area contributed by atoms with Crippen molar-refractivity contribution in [1.82, 2.24) is 4.90 Å². The summed E-state index contributed by atoms with van der Waals surface area (Å²) in [7, 11) is 0. The largest absolute Gasteiger partial charge is 0.480 e. The number of ether oxygens (including phenoxy) is 2. The summed E-state index contributed by atoms with van der Waals surface area (Å²) in [4.78, 5) is 14.7. The Balaban J connectivity index is 1.76. The summed E-state index contributed by atoms with van der Waals surface area (Å²) >= 11 is 6.03. The van der Waals surface area contributed by atoms with Crippen LogP contribution in [0.5, 0.6) is 5.75 Å². The number of nitrogens with zero attached hydrogens (tertiary/aromatic N) is 1. The molecule has 1 amide bonds. The second kappa shape index (κ2) is 7.21. The zero-order valence-corrected chi connectivity index (χ0v) is 17.6. The number of carbonyl (C=O) groups is 1. The number of rotatable bonds is 2. The van der Waals surface area contributed by atoms with Crippen LogP contribution in [0.15, 0.2) is 42.5 Å². The third-order valence-corrected chi connectivity index (χ3v) is 5.82.